The first-order valence-corrected chi connectivity index (χ1v) is 10.7. The first kappa shape index (κ1) is 21.1. The van der Waals surface area contributed by atoms with Crippen LogP contribution in [0.1, 0.15) is 29.6 Å². The third-order valence-corrected chi connectivity index (χ3v) is 5.76. The fraction of sp³-hybridized carbons (Fsp3) is 0.292. The quantitative estimate of drug-likeness (QED) is 0.532. The standard InChI is InChI=1S/C24H24ClN3O3/c1-17(29)18-4-8-21(9-5-18)27-12-14-28(15-13-27)24(30)11-10-23-26-16-22(31-23)19-2-6-20(25)7-3-19/h2-9,16H,10-15H2,1H3. The van der Waals surface area contributed by atoms with Crippen LogP contribution in [0.2, 0.25) is 5.02 Å². The maximum Gasteiger partial charge on any atom is 0.223 e. The van der Waals surface area contributed by atoms with Gasteiger partial charge in [-0.05, 0) is 55.5 Å². The summed E-state index contributed by atoms with van der Waals surface area (Å²) in [6.07, 6.45) is 2.52. The van der Waals surface area contributed by atoms with E-state index in [0.29, 0.717) is 48.2 Å². The molecule has 7 heteroatoms. The molecule has 0 aliphatic carbocycles. The van der Waals surface area contributed by atoms with Crippen molar-refractivity contribution in [3.05, 3.63) is 71.2 Å². The Morgan fingerprint density at radius 3 is 2.32 bits per heavy atom. The molecular weight excluding hydrogens is 414 g/mol. The van der Waals surface area contributed by atoms with Crippen LogP contribution in [0.4, 0.5) is 5.69 Å². The van der Waals surface area contributed by atoms with E-state index in [-0.39, 0.29) is 11.7 Å². The lowest BCUT2D eigenvalue weighted by molar-refractivity contribution is -0.131. The van der Waals surface area contributed by atoms with E-state index < -0.39 is 0 Å². The third-order valence-electron chi connectivity index (χ3n) is 5.51. The molecule has 160 valence electrons. The summed E-state index contributed by atoms with van der Waals surface area (Å²) in [4.78, 5) is 32.5. The van der Waals surface area contributed by atoms with Gasteiger partial charge < -0.3 is 14.2 Å². The molecule has 0 atom stereocenters. The molecule has 6 nitrogen and oxygen atoms in total. The second-order valence-electron chi connectivity index (χ2n) is 7.60. The van der Waals surface area contributed by atoms with Gasteiger partial charge in [-0.1, -0.05) is 11.6 Å². The molecule has 1 amide bonds. The summed E-state index contributed by atoms with van der Waals surface area (Å²) in [5.41, 5.74) is 2.69. The molecule has 0 spiro atoms. The Hall–Kier alpha value is -3.12. The van der Waals surface area contributed by atoms with Gasteiger partial charge in [0.15, 0.2) is 17.4 Å². The molecule has 2 aromatic carbocycles. The summed E-state index contributed by atoms with van der Waals surface area (Å²) in [6, 6.07) is 15.0. The van der Waals surface area contributed by atoms with E-state index >= 15 is 0 Å². The number of aryl methyl sites for hydroxylation is 1. The van der Waals surface area contributed by atoms with Gasteiger partial charge in [-0.3, -0.25) is 9.59 Å². The highest BCUT2D eigenvalue weighted by Crippen LogP contribution is 2.23. The van der Waals surface area contributed by atoms with Gasteiger partial charge in [0, 0.05) is 60.9 Å². The Morgan fingerprint density at radius 2 is 1.68 bits per heavy atom. The smallest absolute Gasteiger partial charge is 0.223 e. The number of rotatable bonds is 6. The fourth-order valence-electron chi connectivity index (χ4n) is 3.67. The summed E-state index contributed by atoms with van der Waals surface area (Å²) in [5.74, 6) is 1.40. The normalized spacial score (nSPS) is 14.0. The third kappa shape index (κ3) is 5.14. The van der Waals surface area contributed by atoms with Crippen LogP contribution < -0.4 is 4.90 Å². The Balaban J connectivity index is 1.27. The Kier molecular flexibility index (Phi) is 6.37. The van der Waals surface area contributed by atoms with Crippen LogP contribution >= 0.6 is 11.6 Å². The van der Waals surface area contributed by atoms with Crippen LogP contribution in [-0.2, 0) is 11.2 Å². The van der Waals surface area contributed by atoms with Crippen molar-refractivity contribution < 1.29 is 14.0 Å². The SMILES string of the molecule is CC(=O)c1ccc(N2CCN(C(=O)CCc3ncc(-c4ccc(Cl)cc4)o3)CC2)cc1. The summed E-state index contributed by atoms with van der Waals surface area (Å²) >= 11 is 5.92. The number of aromatic nitrogens is 1. The van der Waals surface area contributed by atoms with Crippen LogP contribution in [0, 0.1) is 0 Å². The van der Waals surface area contributed by atoms with Crippen LogP contribution in [0.15, 0.2) is 59.1 Å². The first-order chi connectivity index (χ1) is 15.0. The van der Waals surface area contributed by atoms with Crippen LogP contribution in [0.3, 0.4) is 0 Å². The topological polar surface area (TPSA) is 66.7 Å². The van der Waals surface area contributed by atoms with Gasteiger partial charge in [-0.2, -0.15) is 0 Å². The maximum atomic E-state index is 12.6. The van der Waals surface area contributed by atoms with Crippen molar-refractivity contribution in [2.24, 2.45) is 0 Å². The predicted molar refractivity (Wildman–Crippen MR) is 121 cm³/mol. The van der Waals surface area contributed by atoms with Crippen molar-refractivity contribution in [2.45, 2.75) is 19.8 Å². The molecule has 2 heterocycles. The number of nitrogens with zero attached hydrogens (tertiary/aromatic N) is 3. The molecule has 31 heavy (non-hydrogen) atoms. The van der Waals surface area contributed by atoms with E-state index in [1.54, 1.807) is 25.3 Å². The zero-order valence-corrected chi connectivity index (χ0v) is 18.1. The van der Waals surface area contributed by atoms with Gasteiger partial charge in [-0.15, -0.1) is 0 Å². The van der Waals surface area contributed by atoms with Crippen molar-refractivity contribution in [3.8, 4) is 11.3 Å². The number of hydrogen-bond acceptors (Lipinski definition) is 5. The molecule has 0 saturated carbocycles. The summed E-state index contributed by atoms with van der Waals surface area (Å²) in [5, 5.41) is 0.669. The average molecular weight is 438 g/mol. The number of Topliss-reactive ketones (excluding diaryl/α,β-unsaturated/α-hetero) is 1. The number of benzene rings is 2. The second-order valence-corrected chi connectivity index (χ2v) is 8.03. The van der Waals surface area contributed by atoms with Gasteiger partial charge >= 0.3 is 0 Å². The molecule has 1 aliphatic heterocycles. The minimum Gasteiger partial charge on any atom is -0.441 e. The molecule has 1 saturated heterocycles. The van der Waals surface area contributed by atoms with Gasteiger partial charge in [0.25, 0.3) is 0 Å². The monoisotopic (exact) mass is 437 g/mol. The average Bonchev–Trinajstić information content (AvgIpc) is 3.27. The lowest BCUT2D eigenvalue weighted by Gasteiger charge is -2.36. The van der Waals surface area contributed by atoms with Crippen molar-refractivity contribution in [3.63, 3.8) is 0 Å². The van der Waals surface area contributed by atoms with E-state index in [1.807, 2.05) is 41.3 Å². The largest absolute Gasteiger partial charge is 0.441 e. The molecule has 1 aliphatic rings. The molecule has 0 bridgehead atoms. The molecule has 0 unspecified atom stereocenters. The number of ketones is 1. The fourth-order valence-corrected chi connectivity index (χ4v) is 3.79. The van der Waals surface area contributed by atoms with Gasteiger partial charge in [-0.25, -0.2) is 4.98 Å². The summed E-state index contributed by atoms with van der Waals surface area (Å²) in [7, 11) is 0. The van der Waals surface area contributed by atoms with Crippen molar-refractivity contribution >= 4 is 29.0 Å². The Labute approximate surface area is 186 Å². The minimum atomic E-state index is 0.0632. The molecule has 0 radical (unpaired) electrons. The maximum absolute atomic E-state index is 12.6. The number of halogens is 1. The highest BCUT2D eigenvalue weighted by Gasteiger charge is 2.21. The number of hydrogen-bond donors (Lipinski definition) is 0. The highest BCUT2D eigenvalue weighted by atomic mass is 35.5. The molecule has 1 fully saturated rings. The van der Waals surface area contributed by atoms with E-state index in [1.165, 1.54) is 0 Å². The number of piperazine rings is 1. The molecule has 0 N–H and O–H groups in total. The van der Waals surface area contributed by atoms with Crippen molar-refractivity contribution in [1.82, 2.24) is 9.88 Å². The van der Waals surface area contributed by atoms with E-state index in [0.717, 1.165) is 24.3 Å². The Bertz CT molecular complexity index is 1050. The van der Waals surface area contributed by atoms with Gasteiger partial charge in [0.2, 0.25) is 5.91 Å². The lowest BCUT2D eigenvalue weighted by atomic mass is 10.1. The number of amides is 1. The molecule has 1 aromatic heterocycles. The second kappa shape index (κ2) is 9.35. The zero-order valence-electron chi connectivity index (χ0n) is 17.4. The molecule has 3 aromatic rings. The zero-order chi connectivity index (χ0) is 21.8. The van der Waals surface area contributed by atoms with E-state index in [2.05, 4.69) is 9.88 Å². The predicted octanol–water partition coefficient (Wildman–Crippen LogP) is 4.48. The van der Waals surface area contributed by atoms with Crippen LogP contribution in [0.5, 0.6) is 0 Å². The lowest BCUT2D eigenvalue weighted by Crippen LogP contribution is -2.48. The van der Waals surface area contributed by atoms with Crippen LogP contribution in [0.25, 0.3) is 11.3 Å². The first-order valence-electron chi connectivity index (χ1n) is 10.3. The van der Waals surface area contributed by atoms with Gasteiger partial charge in [0.05, 0.1) is 6.20 Å². The number of carbonyl (C=O) groups excluding carboxylic acids is 2. The Morgan fingerprint density at radius 1 is 1.00 bits per heavy atom. The molecular formula is C24H24ClN3O3. The van der Waals surface area contributed by atoms with Crippen molar-refractivity contribution in [2.75, 3.05) is 31.1 Å². The van der Waals surface area contributed by atoms with Crippen molar-refractivity contribution in [1.29, 1.82) is 0 Å². The summed E-state index contributed by atoms with van der Waals surface area (Å²) in [6.45, 7) is 4.45. The number of anilines is 1. The summed E-state index contributed by atoms with van der Waals surface area (Å²) < 4.78 is 5.79. The highest BCUT2D eigenvalue weighted by molar-refractivity contribution is 6.30. The molecule has 4 rings (SSSR count). The number of carbonyl (C=O) groups is 2. The van der Waals surface area contributed by atoms with Crippen LogP contribution in [-0.4, -0.2) is 47.8 Å². The van der Waals surface area contributed by atoms with Gasteiger partial charge in [0.1, 0.15) is 0 Å². The minimum absolute atomic E-state index is 0.0632. The number of oxazole rings is 1. The van der Waals surface area contributed by atoms with E-state index in [9.17, 15) is 9.59 Å². The van der Waals surface area contributed by atoms with E-state index in [4.69, 9.17) is 16.0 Å².